The van der Waals surface area contributed by atoms with Crippen LogP contribution >= 0.6 is 22.9 Å². The van der Waals surface area contributed by atoms with Crippen molar-refractivity contribution in [1.82, 2.24) is 10.3 Å². The number of halogens is 1. The second kappa shape index (κ2) is 9.34. The summed E-state index contributed by atoms with van der Waals surface area (Å²) in [6, 6.07) is 14.0. The van der Waals surface area contributed by atoms with Gasteiger partial charge in [-0.1, -0.05) is 29.8 Å². The number of thiazole rings is 1. The van der Waals surface area contributed by atoms with E-state index in [1.54, 1.807) is 37.4 Å². The van der Waals surface area contributed by atoms with Gasteiger partial charge in [-0.2, -0.15) is 0 Å². The molecule has 0 saturated heterocycles. The van der Waals surface area contributed by atoms with Gasteiger partial charge in [-0.05, 0) is 30.3 Å². The van der Waals surface area contributed by atoms with E-state index < -0.39 is 5.97 Å². The van der Waals surface area contributed by atoms with Crippen molar-refractivity contribution < 1.29 is 19.1 Å². The first-order chi connectivity index (χ1) is 13.6. The first-order valence-corrected chi connectivity index (χ1v) is 9.60. The molecule has 2 aromatic carbocycles. The molecular formula is C20H17ClN2O4S. The number of hydrogen-bond acceptors (Lipinski definition) is 6. The fraction of sp³-hybridized carbons (Fsp3) is 0.150. The van der Waals surface area contributed by atoms with E-state index in [9.17, 15) is 9.59 Å². The van der Waals surface area contributed by atoms with Gasteiger partial charge in [0.25, 0.3) is 5.91 Å². The summed E-state index contributed by atoms with van der Waals surface area (Å²) in [6.07, 6.45) is 0. The normalized spacial score (nSPS) is 10.4. The Bertz CT molecular complexity index is 972. The molecule has 0 aliphatic heterocycles. The number of rotatable bonds is 7. The van der Waals surface area contributed by atoms with Crippen LogP contribution in [-0.4, -0.2) is 30.5 Å². The molecule has 0 spiro atoms. The maximum atomic E-state index is 12.0. The van der Waals surface area contributed by atoms with Gasteiger partial charge in [0.05, 0.1) is 17.8 Å². The van der Waals surface area contributed by atoms with Gasteiger partial charge in [-0.15, -0.1) is 11.3 Å². The molecule has 1 N–H and O–H groups in total. The Morgan fingerprint density at radius 1 is 1.14 bits per heavy atom. The Balaban J connectivity index is 1.48. The van der Waals surface area contributed by atoms with Crippen molar-refractivity contribution in [3.63, 3.8) is 0 Å². The van der Waals surface area contributed by atoms with Crippen LogP contribution in [0.2, 0.25) is 5.02 Å². The summed E-state index contributed by atoms with van der Waals surface area (Å²) >= 11 is 7.59. The zero-order chi connectivity index (χ0) is 19.9. The molecule has 0 aliphatic carbocycles. The Hall–Kier alpha value is -2.90. The Morgan fingerprint density at radius 2 is 1.89 bits per heavy atom. The van der Waals surface area contributed by atoms with Crippen LogP contribution in [0, 0.1) is 0 Å². The second-order valence-electron chi connectivity index (χ2n) is 5.70. The van der Waals surface area contributed by atoms with Crippen molar-refractivity contribution in [2.24, 2.45) is 0 Å². The first-order valence-electron chi connectivity index (χ1n) is 8.34. The smallest absolute Gasteiger partial charge is 0.325 e. The lowest BCUT2D eigenvalue weighted by Gasteiger charge is -2.06. The molecular weight excluding hydrogens is 400 g/mol. The zero-order valence-electron chi connectivity index (χ0n) is 15.0. The van der Waals surface area contributed by atoms with Gasteiger partial charge in [-0.3, -0.25) is 9.59 Å². The number of amides is 1. The lowest BCUT2D eigenvalue weighted by Crippen LogP contribution is -2.30. The number of esters is 1. The molecule has 1 heterocycles. The number of nitrogens with one attached hydrogen (secondary N) is 1. The van der Waals surface area contributed by atoms with Crippen LogP contribution in [0.1, 0.15) is 16.1 Å². The molecule has 1 aromatic heterocycles. The summed E-state index contributed by atoms with van der Waals surface area (Å²) in [7, 11) is 1.55. The van der Waals surface area contributed by atoms with Crippen LogP contribution in [-0.2, 0) is 16.1 Å². The molecule has 0 atom stereocenters. The van der Waals surface area contributed by atoms with Gasteiger partial charge in [0.2, 0.25) is 0 Å². The lowest BCUT2D eigenvalue weighted by atomic mass is 10.2. The summed E-state index contributed by atoms with van der Waals surface area (Å²) < 4.78 is 10.2. The fourth-order valence-corrected chi connectivity index (χ4v) is 3.46. The van der Waals surface area contributed by atoms with Crippen molar-refractivity contribution in [2.75, 3.05) is 13.7 Å². The molecule has 0 fully saturated rings. The van der Waals surface area contributed by atoms with Crippen molar-refractivity contribution in [3.8, 4) is 16.3 Å². The molecule has 0 bridgehead atoms. The van der Waals surface area contributed by atoms with Crippen molar-refractivity contribution >= 4 is 34.8 Å². The second-order valence-corrected chi connectivity index (χ2v) is 6.96. The molecule has 6 nitrogen and oxygen atoms in total. The molecule has 0 saturated carbocycles. The predicted octanol–water partition coefficient (Wildman–Crippen LogP) is 3.95. The van der Waals surface area contributed by atoms with Crippen LogP contribution in [0.5, 0.6) is 5.75 Å². The highest BCUT2D eigenvalue weighted by Gasteiger charge is 2.12. The van der Waals surface area contributed by atoms with Crippen molar-refractivity contribution in [3.05, 3.63) is 70.2 Å². The molecule has 144 valence electrons. The van der Waals surface area contributed by atoms with Crippen LogP contribution in [0.3, 0.4) is 0 Å². The highest BCUT2D eigenvalue weighted by molar-refractivity contribution is 7.13. The number of benzene rings is 2. The van der Waals surface area contributed by atoms with Gasteiger partial charge in [-0.25, -0.2) is 4.98 Å². The number of hydrogen-bond donors (Lipinski definition) is 1. The van der Waals surface area contributed by atoms with Crippen molar-refractivity contribution in [1.29, 1.82) is 0 Å². The van der Waals surface area contributed by atoms with E-state index in [0.29, 0.717) is 22.0 Å². The standard InChI is InChI=1S/C20H17ClN2O4S/c1-26-15-8-6-13(7-9-15)19(25)22-10-18(24)27-11-14-12-28-20(23-14)16-4-2-3-5-17(16)21/h2-9,12H,10-11H2,1H3,(H,22,25). The number of nitrogens with zero attached hydrogens (tertiary/aromatic N) is 1. The molecule has 28 heavy (non-hydrogen) atoms. The molecule has 3 rings (SSSR count). The summed E-state index contributed by atoms with van der Waals surface area (Å²) in [4.78, 5) is 28.3. The largest absolute Gasteiger partial charge is 0.497 e. The van der Waals surface area contributed by atoms with Crippen LogP contribution < -0.4 is 10.1 Å². The van der Waals surface area contributed by atoms with E-state index in [2.05, 4.69) is 10.3 Å². The number of aromatic nitrogens is 1. The minimum atomic E-state index is -0.547. The zero-order valence-corrected chi connectivity index (χ0v) is 16.5. The lowest BCUT2D eigenvalue weighted by molar-refractivity contribution is -0.143. The van der Waals surface area contributed by atoms with E-state index in [1.165, 1.54) is 11.3 Å². The summed E-state index contributed by atoms with van der Waals surface area (Å²) in [5, 5.41) is 5.70. The van der Waals surface area contributed by atoms with Crippen molar-refractivity contribution in [2.45, 2.75) is 6.61 Å². The third-order valence-electron chi connectivity index (χ3n) is 3.78. The summed E-state index contributed by atoms with van der Waals surface area (Å²) in [5.41, 5.74) is 1.88. The van der Waals surface area contributed by atoms with E-state index in [-0.39, 0.29) is 19.1 Å². The minimum absolute atomic E-state index is 0.0260. The molecule has 0 unspecified atom stereocenters. The van der Waals surface area contributed by atoms with Gasteiger partial charge in [0.1, 0.15) is 23.9 Å². The number of ether oxygens (including phenoxy) is 2. The Morgan fingerprint density at radius 3 is 2.61 bits per heavy atom. The average molecular weight is 417 g/mol. The van der Waals surface area contributed by atoms with E-state index >= 15 is 0 Å². The number of carbonyl (C=O) groups is 2. The highest BCUT2D eigenvalue weighted by Crippen LogP contribution is 2.30. The average Bonchev–Trinajstić information content (AvgIpc) is 3.19. The molecule has 8 heteroatoms. The van der Waals surface area contributed by atoms with Crippen LogP contribution in [0.15, 0.2) is 53.9 Å². The van der Waals surface area contributed by atoms with Gasteiger partial charge in [0, 0.05) is 16.5 Å². The predicted molar refractivity (Wildman–Crippen MR) is 108 cm³/mol. The highest BCUT2D eigenvalue weighted by atomic mass is 35.5. The molecule has 0 aliphatic rings. The minimum Gasteiger partial charge on any atom is -0.497 e. The van der Waals surface area contributed by atoms with E-state index in [0.717, 1.165) is 10.6 Å². The topological polar surface area (TPSA) is 77.5 Å². The monoisotopic (exact) mass is 416 g/mol. The maximum absolute atomic E-state index is 12.0. The third-order valence-corrected chi connectivity index (χ3v) is 5.04. The fourth-order valence-electron chi connectivity index (χ4n) is 2.33. The van der Waals surface area contributed by atoms with E-state index in [4.69, 9.17) is 21.1 Å². The van der Waals surface area contributed by atoms with Gasteiger partial charge in [0.15, 0.2) is 0 Å². The quantitative estimate of drug-likeness (QED) is 0.590. The van der Waals surface area contributed by atoms with Crippen LogP contribution in [0.4, 0.5) is 0 Å². The summed E-state index contributed by atoms with van der Waals surface area (Å²) in [5.74, 6) is -0.265. The number of carbonyl (C=O) groups excluding carboxylic acids is 2. The SMILES string of the molecule is COc1ccc(C(=O)NCC(=O)OCc2csc(-c3ccccc3Cl)n2)cc1. The third kappa shape index (κ3) is 5.09. The maximum Gasteiger partial charge on any atom is 0.325 e. The molecule has 0 radical (unpaired) electrons. The van der Waals surface area contributed by atoms with Crippen LogP contribution in [0.25, 0.3) is 10.6 Å². The first kappa shape index (κ1) is 19.9. The number of methoxy groups -OCH3 is 1. The Labute approximate surface area is 171 Å². The van der Waals surface area contributed by atoms with Gasteiger partial charge < -0.3 is 14.8 Å². The molecule has 3 aromatic rings. The van der Waals surface area contributed by atoms with E-state index in [1.807, 2.05) is 23.6 Å². The molecule has 1 amide bonds. The summed E-state index contributed by atoms with van der Waals surface area (Å²) in [6.45, 7) is -0.204. The van der Waals surface area contributed by atoms with Gasteiger partial charge >= 0.3 is 5.97 Å². The Kier molecular flexibility index (Phi) is 6.62.